The number of hydrogen-bond acceptors (Lipinski definition) is 4. The smallest absolute Gasteiger partial charge is 0.191 e. The number of para-hydroxylation sites is 1. The molecule has 0 aliphatic carbocycles. The van der Waals surface area contributed by atoms with E-state index >= 15 is 0 Å². The molecule has 0 bridgehead atoms. The summed E-state index contributed by atoms with van der Waals surface area (Å²) >= 11 is 0. The molecule has 0 radical (unpaired) electrons. The predicted octanol–water partition coefficient (Wildman–Crippen LogP) is 3.43. The van der Waals surface area contributed by atoms with Gasteiger partial charge < -0.3 is 20.1 Å². The van der Waals surface area contributed by atoms with Gasteiger partial charge in [0.15, 0.2) is 5.96 Å². The molecule has 160 valence electrons. The maximum atomic E-state index is 5.63. The van der Waals surface area contributed by atoms with E-state index in [4.69, 9.17) is 14.5 Å². The summed E-state index contributed by atoms with van der Waals surface area (Å²) in [6, 6.07) is 8.57. The lowest BCUT2D eigenvalue weighted by atomic mass is 10.0. The van der Waals surface area contributed by atoms with E-state index < -0.39 is 0 Å². The number of nitrogens with zero attached hydrogens (tertiary/aromatic N) is 2. The van der Waals surface area contributed by atoms with Crippen LogP contribution >= 0.6 is 24.0 Å². The second kappa shape index (κ2) is 12.5. The van der Waals surface area contributed by atoms with Gasteiger partial charge in [-0.2, -0.15) is 0 Å². The third-order valence-corrected chi connectivity index (χ3v) is 5.06. The van der Waals surface area contributed by atoms with E-state index in [1.165, 1.54) is 18.4 Å². The van der Waals surface area contributed by atoms with Crippen molar-refractivity contribution in [1.82, 2.24) is 15.5 Å². The fourth-order valence-electron chi connectivity index (χ4n) is 3.30. The second-order valence-electron chi connectivity index (χ2n) is 7.54. The highest BCUT2D eigenvalue weighted by molar-refractivity contribution is 14.0. The summed E-state index contributed by atoms with van der Waals surface area (Å²) in [5.74, 6) is 1.76. The largest absolute Gasteiger partial charge is 0.496 e. The molecule has 0 amide bonds. The number of nitrogens with one attached hydrogen (secondary N) is 2. The summed E-state index contributed by atoms with van der Waals surface area (Å²) < 4.78 is 11.1. The van der Waals surface area contributed by atoms with Gasteiger partial charge in [-0.05, 0) is 52.8 Å². The van der Waals surface area contributed by atoms with Gasteiger partial charge in [0.2, 0.25) is 0 Å². The highest BCUT2D eigenvalue weighted by atomic mass is 127. The third-order valence-electron chi connectivity index (χ3n) is 5.06. The lowest BCUT2D eigenvalue weighted by molar-refractivity contribution is 0.0310. The molecule has 0 spiro atoms. The Morgan fingerprint density at radius 2 is 1.86 bits per heavy atom. The quantitative estimate of drug-likeness (QED) is 0.307. The summed E-state index contributed by atoms with van der Waals surface area (Å²) in [6.45, 7) is 10.6. The van der Waals surface area contributed by atoms with Gasteiger partial charge in [-0.15, -0.1) is 24.0 Å². The molecular formula is C21H37IN4O2. The first kappa shape index (κ1) is 25.0. The van der Waals surface area contributed by atoms with Gasteiger partial charge in [-0.3, -0.25) is 9.89 Å². The Bertz CT molecular complexity index is 604. The van der Waals surface area contributed by atoms with Crippen LogP contribution in [0, 0.1) is 0 Å². The predicted molar refractivity (Wildman–Crippen MR) is 127 cm³/mol. The number of guanidine groups is 1. The van der Waals surface area contributed by atoms with Crippen LogP contribution in [-0.4, -0.2) is 63.4 Å². The minimum absolute atomic E-state index is 0. The molecule has 1 aromatic carbocycles. The van der Waals surface area contributed by atoms with E-state index in [0.717, 1.165) is 37.9 Å². The summed E-state index contributed by atoms with van der Waals surface area (Å²) in [7, 11) is 3.46. The highest BCUT2D eigenvalue weighted by Gasteiger charge is 2.26. The summed E-state index contributed by atoms with van der Waals surface area (Å²) in [6.07, 6.45) is 2.50. The van der Waals surface area contributed by atoms with Crippen molar-refractivity contribution in [3.8, 4) is 5.75 Å². The number of hydrogen-bond donors (Lipinski definition) is 2. The van der Waals surface area contributed by atoms with Crippen LogP contribution in [0.3, 0.4) is 0 Å². The van der Waals surface area contributed by atoms with E-state index in [-0.39, 0.29) is 35.6 Å². The number of ether oxygens (including phenoxy) is 2. The van der Waals surface area contributed by atoms with Crippen LogP contribution in [0.1, 0.15) is 45.2 Å². The van der Waals surface area contributed by atoms with Gasteiger partial charge in [-0.1, -0.05) is 18.2 Å². The van der Waals surface area contributed by atoms with Crippen LogP contribution in [0.5, 0.6) is 5.75 Å². The van der Waals surface area contributed by atoms with Gasteiger partial charge >= 0.3 is 0 Å². The van der Waals surface area contributed by atoms with E-state index in [2.05, 4.69) is 34.6 Å². The van der Waals surface area contributed by atoms with E-state index in [1.807, 2.05) is 26.0 Å². The number of rotatable bonds is 9. The molecule has 0 saturated carbocycles. The van der Waals surface area contributed by atoms with Gasteiger partial charge in [0.1, 0.15) is 5.75 Å². The van der Waals surface area contributed by atoms with Crippen molar-refractivity contribution in [3.63, 3.8) is 0 Å². The molecule has 1 aliphatic rings. The Morgan fingerprint density at radius 1 is 1.18 bits per heavy atom. The molecule has 7 heteroatoms. The number of halogens is 1. The highest BCUT2D eigenvalue weighted by Crippen LogP contribution is 2.31. The Kier molecular flexibility index (Phi) is 11.1. The molecule has 1 aliphatic heterocycles. The zero-order valence-electron chi connectivity index (χ0n) is 18.0. The Balaban J connectivity index is 0.00000392. The standard InChI is InChI=1S/C21H36N4O2.HI/c1-6-22-20(24-16-21(2,3)27-5)23-15-18(25-13-9-10-14-25)17-11-7-8-12-19(17)26-4;/h7-8,11-12,18H,6,9-10,13-16H2,1-5H3,(H2,22,23,24);1H. The SMILES string of the molecule is CCNC(=NCC(C)(C)OC)NCC(c1ccccc1OC)N1CCCC1.I. The van der Waals surface area contributed by atoms with Crippen LogP contribution in [0.4, 0.5) is 0 Å². The minimum atomic E-state index is -0.278. The molecule has 1 atom stereocenters. The molecule has 1 aromatic rings. The molecule has 28 heavy (non-hydrogen) atoms. The maximum Gasteiger partial charge on any atom is 0.191 e. The maximum absolute atomic E-state index is 5.63. The molecule has 0 aromatic heterocycles. The summed E-state index contributed by atoms with van der Waals surface area (Å²) in [5, 5.41) is 6.87. The van der Waals surface area contributed by atoms with Crippen LogP contribution in [0.25, 0.3) is 0 Å². The Hall–Kier alpha value is -1.06. The van der Waals surface area contributed by atoms with Crippen molar-refractivity contribution >= 4 is 29.9 Å². The van der Waals surface area contributed by atoms with Crippen molar-refractivity contribution in [2.45, 2.75) is 45.3 Å². The molecule has 2 N–H and O–H groups in total. The molecule has 1 fully saturated rings. The van der Waals surface area contributed by atoms with Crippen molar-refractivity contribution in [2.24, 2.45) is 4.99 Å². The monoisotopic (exact) mass is 504 g/mol. The zero-order chi connectivity index (χ0) is 19.7. The van der Waals surface area contributed by atoms with Crippen LogP contribution in [-0.2, 0) is 4.74 Å². The first-order valence-electron chi connectivity index (χ1n) is 9.95. The van der Waals surface area contributed by atoms with Gasteiger partial charge in [0.25, 0.3) is 0 Å². The van der Waals surface area contributed by atoms with Gasteiger partial charge in [-0.25, -0.2) is 0 Å². The Labute approximate surface area is 187 Å². The lowest BCUT2D eigenvalue weighted by Gasteiger charge is -2.30. The fourth-order valence-corrected chi connectivity index (χ4v) is 3.30. The molecule has 1 saturated heterocycles. The molecule has 1 unspecified atom stereocenters. The number of aliphatic imine (C=N–C) groups is 1. The fraction of sp³-hybridized carbons (Fsp3) is 0.667. The third kappa shape index (κ3) is 7.40. The van der Waals surface area contributed by atoms with E-state index in [0.29, 0.717) is 6.54 Å². The second-order valence-corrected chi connectivity index (χ2v) is 7.54. The number of benzene rings is 1. The normalized spacial score (nSPS) is 16.4. The van der Waals surface area contributed by atoms with Gasteiger partial charge in [0, 0.05) is 25.8 Å². The van der Waals surface area contributed by atoms with Crippen molar-refractivity contribution in [1.29, 1.82) is 0 Å². The van der Waals surface area contributed by atoms with Crippen molar-refractivity contribution in [3.05, 3.63) is 29.8 Å². The van der Waals surface area contributed by atoms with Gasteiger partial charge in [0.05, 0.1) is 25.3 Å². The van der Waals surface area contributed by atoms with Crippen molar-refractivity contribution in [2.75, 3.05) is 46.9 Å². The average Bonchev–Trinajstić information content (AvgIpc) is 3.21. The molecule has 6 nitrogen and oxygen atoms in total. The molecule has 2 rings (SSSR count). The number of methoxy groups -OCH3 is 2. The van der Waals surface area contributed by atoms with Crippen LogP contribution in [0.15, 0.2) is 29.3 Å². The zero-order valence-corrected chi connectivity index (χ0v) is 20.3. The van der Waals surface area contributed by atoms with Crippen LogP contribution < -0.4 is 15.4 Å². The first-order valence-corrected chi connectivity index (χ1v) is 9.95. The topological polar surface area (TPSA) is 58.1 Å². The summed E-state index contributed by atoms with van der Waals surface area (Å²) in [5.41, 5.74) is 0.946. The minimum Gasteiger partial charge on any atom is -0.496 e. The van der Waals surface area contributed by atoms with E-state index in [1.54, 1.807) is 14.2 Å². The first-order chi connectivity index (χ1) is 13.0. The molecule has 1 heterocycles. The van der Waals surface area contributed by atoms with Crippen LogP contribution in [0.2, 0.25) is 0 Å². The lowest BCUT2D eigenvalue weighted by Crippen LogP contribution is -2.43. The van der Waals surface area contributed by atoms with E-state index in [9.17, 15) is 0 Å². The average molecular weight is 504 g/mol. The van der Waals surface area contributed by atoms with Crippen molar-refractivity contribution < 1.29 is 9.47 Å². The molecular weight excluding hydrogens is 467 g/mol. The summed E-state index contributed by atoms with van der Waals surface area (Å²) in [4.78, 5) is 7.25. The Morgan fingerprint density at radius 3 is 2.46 bits per heavy atom. The number of likely N-dealkylation sites (tertiary alicyclic amines) is 1.